The van der Waals surface area contributed by atoms with Crippen molar-refractivity contribution in [2.75, 3.05) is 24.3 Å². The molecule has 0 unspecified atom stereocenters. The van der Waals surface area contributed by atoms with Gasteiger partial charge in [0, 0.05) is 35.9 Å². The first kappa shape index (κ1) is 28.8. The van der Waals surface area contributed by atoms with Gasteiger partial charge in [-0.25, -0.2) is 4.99 Å². The van der Waals surface area contributed by atoms with E-state index >= 15 is 0 Å². The summed E-state index contributed by atoms with van der Waals surface area (Å²) in [6.45, 7) is 22.4. The molecule has 0 amide bonds. The van der Waals surface area contributed by atoms with E-state index in [0.29, 0.717) is 12.4 Å². The molecular weight excluding hydrogens is 492 g/mol. The molecule has 0 saturated carbocycles. The lowest BCUT2D eigenvalue weighted by molar-refractivity contribution is 0.317. The van der Waals surface area contributed by atoms with Gasteiger partial charge in [-0.3, -0.25) is 0 Å². The van der Waals surface area contributed by atoms with E-state index in [4.69, 9.17) is 9.73 Å². The number of ether oxygens (including phenoxy) is 1. The normalized spacial score (nSPS) is 13.5. The minimum absolute atomic E-state index is 0.106. The molecule has 3 aromatic rings. The van der Waals surface area contributed by atoms with Crippen LogP contribution in [-0.2, 0) is 5.41 Å². The average molecular weight is 535 g/mol. The zero-order valence-electron chi connectivity index (χ0n) is 25.0. The number of benzene rings is 3. The maximum absolute atomic E-state index is 5.71. The number of aliphatic imine (C=N–C) groups is 1. The summed E-state index contributed by atoms with van der Waals surface area (Å²) >= 11 is 0. The molecule has 5 nitrogen and oxygen atoms in total. The van der Waals surface area contributed by atoms with Gasteiger partial charge in [-0.1, -0.05) is 65.1 Å². The molecular formula is C35H42N4O. The van der Waals surface area contributed by atoms with Gasteiger partial charge in [0.15, 0.2) is 5.84 Å². The first-order valence-electron chi connectivity index (χ1n) is 13.9. The third kappa shape index (κ3) is 6.48. The smallest absolute Gasteiger partial charge is 0.154 e. The summed E-state index contributed by atoms with van der Waals surface area (Å²) in [7, 11) is 1.99. The van der Waals surface area contributed by atoms with Crippen molar-refractivity contribution in [2.45, 2.75) is 53.4 Å². The highest BCUT2D eigenvalue weighted by molar-refractivity contribution is 6.10. The van der Waals surface area contributed by atoms with Gasteiger partial charge in [-0.2, -0.15) is 0 Å². The van der Waals surface area contributed by atoms with Crippen molar-refractivity contribution in [2.24, 2.45) is 4.99 Å². The van der Waals surface area contributed by atoms with Gasteiger partial charge in [0.05, 0.1) is 18.0 Å². The summed E-state index contributed by atoms with van der Waals surface area (Å²) in [6, 6.07) is 20.7. The molecule has 0 spiro atoms. The van der Waals surface area contributed by atoms with Crippen molar-refractivity contribution in [1.29, 1.82) is 0 Å². The maximum Gasteiger partial charge on any atom is 0.154 e. The van der Waals surface area contributed by atoms with Crippen LogP contribution in [0, 0.1) is 13.8 Å². The van der Waals surface area contributed by atoms with Crippen molar-refractivity contribution >= 4 is 28.6 Å². The molecule has 0 bridgehead atoms. The fraction of sp³-hybridized carbons (Fsp3) is 0.286. The van der Waals surface area contributed by atoms with Crippen LogP contribution < -0.4 is 15.4 Å². The highest BCUT2D eigenvalue weighted by Gasteiger charge is 2.20. The Morgan fingerprint density at radius 2 is 1.75 bits per heavy atom. The lowest BCUT2D eigenvalue weighted by Crippen LogP contribution is -2.27. The molecule has 1 aliphatic heterocycles. The number of nitrogens with zero attached hydrogens (tertiary/aromatic N) is 2. The monoisotopic (exact) mass is 534 g/mol. The van der Waals surface area contributed by atoms with Gasteiger partial charge in [-0.05, 0) is 84.3 Å². The van der Waals surface area contributed by atoms with Crippen LogP contribution in [0.25, 0.3) is 11.4 Å². The van der Waals surface area contributed by atoms with Gasteiger partial charge in [0.1, 0.15) is 5.75 Å². The quantitative estimate of drug-likeness (QED) is 0.303. The van der Waals surface area contributed by atoms with Crippen LogP contribution in [0.5, 0.6) is 5.75 Å². The van der Waals surface area contributed by atoms with Gasteiger partial charge < -0.3 is 20.3 Å². The Kier molecular flexibility index (Phi) is 8.53. The molecule has 2 N–H and O–H groups in total. The number of hydrogen-bond acceptors (Lipinski definition) is 5. The fourth-order valence-electron chi connectivity index (χ4n) is 4.84. The highest BCUT2D eigenvalue weighted by atomic mass is 16.5. The summed E-state index contributed by atoms with van der Waals surface area (Å²) in [6.07, 6.45) is 3.00. The first-order valence-corrected chi connectivity index (χ1v) is 13.9. The van der Waals surface area contributed by atoms with E-state index < -0.39 is 0 Å². The maximum atomic E-state index is 5.71. The van der Waals surface area contributed by atoms with Crippen molar-refractivity contribution in [3.8, 4) is 5.75 Å². The fourth-order valence-corrected chi connectivity index (χ4v) is 4.84. The van der Waals surface area contributed by atoms with Crippen LogP contribution >= 0.6 is 0 Å². The second-order valence-electron chi connectivity index (χ2n) is 11.4. The lowest BCUT2D eigenvalue weighted by Gasteiger charge is -2.26. The molecule has 5 heteroatoms. The molecule has 0 saturated heterocycles. The van der Waals surface area contributed by atoms with E-state index in [2.05, 4.69) is 95.7 Å². The largest absolute Gasteiger partial charge is 0.494 e. The molecule has 208 valence electrons. The molecule has 1 aliphatic rings. The standard InChI is InChI=1S/C35H42N4O/c1-10-20-40-29-17-15-28(16-18-29)37-34-26(5)39(9)22-33(38-34)30-12-11-13-32(24(30)3)36-25(4)27-14-19-31(23(2)21-27)35(6,7)8/h11-19,21-22,36H,4-5,10,20H2,1-3,6-9H3,(H,37,38). The third-order valence-corrected chi connectivity index (χ3v) is 7.12. The van der Waals surface area contributed by atoms with Crippen molar-refractivity contribution in [3.05, 3.63) is 114 Å². The minimum Gasteiger partial charge on any atom is -0.494 e. The average Bonchev–Trinajstić information content (AvgIpc) is 2.91. The Morgan fingerprint density at radius 3 is 2.40 bits per heavy atom. The Labute approximate surface area is 240 Å². The molecule has 0 fully saturated rings. The summed E-state index contributed by atoms with van der Waals surface area (Å²) < 4.78 is 5.71. The Morgan fingerprint density at radius 1 is 1.02 bits per heavy atom. The summed E-state index contributed by atoms with van der Waals surface area (Å²) in [4.78, 5) is 6.98. The predicted molar refractivity (Wildman–Crippen MR) is 172 cm³/mol. The zero-order chi connectivity index (χ0) is 29.0. The SMILES string of the molecule is C=C(Nc1cccc(C2=CN(C)C(=C)C(Nc3ccc(OCCC)cc3)=N2)c1C)c1ccc(C(C)(C)C)c(C)c1. The van der Waals surface area contributed by atoms with Crippen LogP contribution in [0.1, 0.15) is 61.9 Å². The van der Waals surface area contributed by atoms with E-state index in [1.165, 1.54) is 11.1 Å². The second-order valence-corrected chi connectivity index (χ2v) is 11.4. The highest BCUT2D eigenvalue weighted by Crippen LogP contribution is 2.32. The number of rotatable bonds is 8. The Hall–Kier alpha value is -4.25. The number of nitrogens with one attached hydrogen (secondary N) is 2. The molecule has 4 rings (SSSR count). The molecule has 3 aromatic carbocycles. The third-order valence-electron chi connectivity index (χ3n) is 7.12. The molecule has 0 aliphatic carbocycles. The van der Waals surface area contributed by atoms with Crippen LogP contribution in [0.15, 0.2) is 90.7 Å². The van der Waals surface area contributed by atoms with Crippen LogP contribution in [0.4, 0.5) is 11.4 Å². The van der Waals surface area contributed by atoms with Crippen molar-refractivity contribution < 1.29 is 4.74 Å². The molecule has 0 aromatic heterocycles. The van der Waals surface area contributed by atoms with Crippen molar-refractivity contribution in [3.63, 3.8) is 0 Å². The van der Waals surface area contributed by atoms with E-state index in [1.54, 1.807) is 0 Å². The Balaban J connectivity index is 1.56. The molecule has 0 atom stereocenters. The molecule has 40 heavy (non-hydrogen) atoms. The number of hydrogen-bond donors (Lipinski definition) is 2. The zero-order valence-corrected chi connectivity index (χ0v) is 25.0. The van der Waals surface area contributed by atoms with E-state index in [9.17, 15) is 0 Å². The lowest BCUT2D eigenvalue weighted by atomic mass is 9.83. The summed E-state index contributed by atoms with van der Waals surface area (Å²) in [5.41, 5.74) is 10.4. The van der Waals surface area contributed by atoms with Gasteiger partial charge in [0.2, 0.25) is 0 Å². The predicted octanol–water partition coefficient (Wildman–Crippen LogP) is 8.74. The number of aryl methyl sites for hydroxylation is 1. The minimum atomic E-state index is 0.106. The van der Waals surface area contributed by atoms with E-state index in [-0.39, 0.29) is 5.41 Å². The van der Waals surface area contributed by atoms with Gasteiger partial charge in [-0.15, -0.1) is 0 Å². The molecule has 1 heterocycles. The van der Waals surface area contributed by atoms with Gasteiger partial charge in [0.25, 0.3) is 0 Å². The molecule has 0 radical (unpaired) electrons. The van der Waals surface area contributed by atoms with Crippen LogP contribution in [0.2, 0.25) is 0 Å². The number of likely N-dealkylation sites (N-methyl/N-ethyl adjacent to an activating group) is 1. The topological polar surface area (TPSA) is 48.9 Å². The van der Waals surface area contributed by atoms with E-state index in [0.717, 1.165) is 57.3 Å². The summed E-state index contributed by atoms with van der Waals surface area (Å²) in [5, 5.41) is 6.99. The first-order chi connectivity index (χ1) is 19.0. The van der Waals surface area contributed by atoms with E-state index in [1.807, 2.05) is 48.5 Å². The second kappa shape index (κ2) is 11.9. The van der Waals surface area contributed by atoms with Crippen LogP contribution in [0.3, 0.4) is 0 Å². The van der Waals surface area contributed by atoms with Crippen LogP contribution in [-0.4, -0.2) is 24.4 Å². The number of anilines is 2. The van der Waals surface area contributed by atoms with Crippen molar-refractivity contribution in [1.82, 2.24) is 4.90 Å². The van der Waals surface area contributed by atoms with Gasteiger partial charge >= 0.3 is 0 Å². The summed E-state index contributed by atoms with van der Waals surface area (Å²) in [5.74, 6) is 1.56. The Bertz CT molecular complexity index is 1470. The number of amidine groups is 1.